The van der Waals surface area contributed by atoms with Crippen LogP contribution in [-0.4, -0.2) is 15.0 Å². The Bertz CT molecular complexity index is 761. The molecule has 0 bridgehead atoms. The summed E-state index contributed by atoms with van der Waals surface area (Å²) >= 11 is 0. The summed E-state index contributed by atoms with van der Waals surface area (Å²) in [5.74, 6) is -0.624. The van der Waals surface area contributed by atoms with Gasteiger partial charge in [0.2, 0.25) is 0 Å². The summed E-state index contributed by atoms with van der Waals surface area (Å²) in [6.07, 6.45) is 0. The van der Waals surface area contributed by atoms with Crippen LogP contribution in [-0.2, 0) is 10.0 Å². The molecule has 0 heterocycles. The molecular weight excluding hydrogens is 319 g/mol. The van der Waals surface area contributed by atoms with Crippen molar-refractivity contribution in [3.63, 3.8) is 0 Å². The van der Waals surface area contributed by atoms with E-state index in [1.807, 2.05) is 0 Å². The van der Waals surface area contributed by atoms with Gasteiger partial charge in [-0.25, -0.2) is 12.8 Å². The van der Waals surface area contributed by atoms with E-state index in [0.29, 0.717) is 0 Å². The topological polar surface area (TPSA) is 55.4 Å². The van der Waals surface area contributed by atoms with Crippen molar-refractivity contribution in [1.82, 2.24) is 0 Å². The number of hydrogen-bond acceptors (Lipinski definition) is 3. The first-order chi connectivity index (χ1) is 10.3. The van der Waals surface area contributed by atoms with Gasteiger partial charge in [-0.15, -0.1) is 0 Å². The second-order valence-corrected chi connectivity index (χ2v) is 6.07. The van der Waals surface area contributed by atoms with E-state index in [2.05, 4.69) is 9.46 Å². The van der Waals surface area contributed by atoms with E-state index in [-0.39, 0.29) is 21.9 Å². The molecule has 4 nitrogen and oxygen atoms in total. The van der Waals surface area contributed by atoms with Crippen LogP contribution in [0.2, 0.25) is 0 Å². The molecule has 0 saturated heterocycles. The summed E-state index contributed by atoms with van der Waals surface area (Å²) in [6, 6.07) is 8.29. The van der Waals surface area contributed by atoms with Crippen LogP contribution in [0.3, 0.4) is 0 Å². The number of nitrogens with one attached hydrogen (secondary N) is 1. The second-order valence-electron chi connectivity index (χ2n) is 4.42. The van der Waals surface area contributed by atoms with E-state index in [9.17, 15) is 21.6 Å². The SMILES string of the molecule is Cc1cc(F)ccc1S(=O)(=O)Nc1ccc(OC(F)F)cc1. The maximum atomic E-state index is 13.0. The molecule has 0 fully saturated rings. The van der Waals surface area contributed by atoms with Crippen LogP contribution in [0.1, 0.15) is 5.56 Å². The third-order valence-electron chi connectivity index (χ3n) is 2.76. The highest BCUT2D eigenvalue weighted by atomic mass is 32.2. The highest BCUT2D eigenvalue weighted by molar-refractivity contribution is 7.92. The van der Waals surface area contributed by atoms with Crippen molar-refractivity contribution < 1.29 is 26.3 Å². The molecule has 1 N–H and O–H groups in total. The van der Waals surface area contributed by atoms with Crippen LogP contribution in [0, 0.1) is 12.7 Å². The highest BCUT2D eigenvalue weighted by Gasteiger charge is 2.17. The maximum Gasteiger partial charge on any atom is 0.387 e. The van der Waals surface area contributed by atoms with Crippen LogP contribution >= 0.6 is 0 Å². The van der Waals surface area contributed by atoms with Crippen LogP contribution < -0.4 is 9.46 Å². The summed E-state index contributed by atoms with van der Waals surface area (Å²) in [4.78, 5) is -0.0678. The average Bonchev–Trinajstić information content (AvgIpc) is 2.39. The lowest BCUT2D eigenvalue weighted by Crippen LogP contribution is -2.14. The van der Waals surface area contributed by atoms with E-state index in [0.717, 1.165) is 18.2 Å². The zero-order chi connectivity index (χ0) is 16.3. The number of halogens is 3. The maximum absolute atomic E-state index is 13.0. The summed E-state index contributed by atoms with van der Waals surface area (Å²) in [5, 5.41) is 0. The van der Waals surface area contributed by atoms with Crippen LogP contribution in [0.15, 0.2) is 47.4 Å². The quantitative estimate of drug-likeness (QED) is 0.912. The summed E-state index contributed by atoms with van der Waals surface area (Å²) in [5.41, 5.74) is 0.426. The van der Waals surface area contributed by atoms with Crippen molar-refractivity contribution in [2.75, 3.05) is 4.72 Å². The van der Waals surface area contributed by atoms with Crippen molar-refractivity contribution in [3.8, 4) is 5.75 Å². The van der Waals surface area contributed by atoms with E-state index in [1.54, 1.807) is 0 Å². The minimum absolute atomic E-state index is 0.0678. The first kappa shape index (κ1) is 16.2. The van der Waals surface area contributed by atoms with Gasteiger partial charge in [0.1, 0.15) is 11.6 Å². The first-order valence-corrected chi connectivity index (χ1v) is 7.60. The molecule has 0 aliphatic carbocycles. The smallest absolute Gasteiger partial charge is 0.387 e. The molecule has 0 spiro atoms. The Morgan fingerprint density at radius 2 is 1.73 bits per heavy atom. The largest absolute Gasteiger partial charge is 0.435 e. The monoisotopic (exact) mass is 331 g/mol. The van der Waals surface area contributed by atoms with Gasteiger partial charge in [-0.1, -0.05) is 0 Å². The van der Waals surface area contributed by atoms with Gasteiger partial charge in [0.15, 0.2) is 0 Å². The van der Waals surface area contributed by atoms with Crippen LogP contribution in [0.25, 0.3) is 0 Å². The molecule has 0 saturated carbocycles. The highest BCUT2D eigenvalue weighted by Crippen LogP contribution is 2.22. The van der Waals surface area contributed by atoms with Gasteiger partial charge in [-0.3, -0.25) is 4.72 Å². The number of hydrogen-bond donors (Lipinski definition) is 1. The van der Waals surface area contributed by atoms with Crippen LogP contribution in [0.4, 0.5) is 18.9 Å². The Morgan fingerprint density at radius 1 is 1.09 bits per heavy atom. The van der Waals surface area contributed by atoms with Crippen molar-refractivity contribution in [3.05, 3.63) is 53.8 Å². The van der Waals surface area contributed by atoms with Gasteiger partial charge in [-0.05, 0) is 55.0 Å². The minimum atomic E-state index is -3.90. The third kappa shape index (κ3) is 3.91. The Balaban J connectivity index is 2.21. The molecule has 0 radical (unpaired) electrons. The molecule has 0 amide bonds. The zero-order valence-electron chi connectivity index (χ0n) is 11.4. The number of ether oxygens (including phenoxy) is 1. The molecule has 118 valence electrons. The molecule has 0 aliphatic rings. The molecule has 2 rings (SSSR count). The fraction of sp³-hybridized carbons (Fsp3) is 0.143. The minimum Gasteiger partial charge on any atom is -0.435 e. The molecule has 2 aromatic carbocycles. The standard InChI is InChI=1S/C14H12F3NO3S/c1-9-8-10(15)2-7-13(9)22(19,20)18-11-3-5-12(6-4-11)21-14(16)17/h2-8,14,18H,1H3. The predicted molar refractivity (Wildman–Crippen MR) is 75.0 cm³/mol. The fourth-order valence-corrected chi connectivity index (χ4v) is 3.12. The number of sulfonamides is 1. The molecule has 0 aromatic heterocycles. The lowest BCUT2D eigenvalue weighted by molar-refractivity contribution is -0.0498. The van der Waals surface area contributed by atoms with Crippen molar-refractivity contribution in [1.29, 1.82) is 0 Å². The Morgan fingerprint density at radius 3 is 2.27 bits per heavy atom. The zero-order valence-corrected chi connectivity index (χ0v) is 12.2. The van der Waals surface area contributed by atoms with Crippen molar-refractivity contribution in [2.24, 2.45) is 0 Å². The number of alkyl halides is 2. The molecule has 0 aliphatic heterocycles. The molecule has 0 atom stereocenters. The summed E-state index contributed by atoms with van der Waals surface area (Å²) in [7, 11) is -3.90. The van der Waals surface area contributed by atoms with Gasteiger partial charge < -0.3 is 4.74 Å². The fourth-order valence-electron chi connectivity index (χ4n) is 1.83. The number of aryl methyl sites for hydroxylation is 1. The first-order valence-electron chi connectivity index (χ1n) is 6.12. The van der Waals surface area contributed by atoms with Gasteiger partial charge in [0.25, 0.3) is 10.0 Å². The molecule has 8 heteroatoms. The van der Waals surface area contributed by atoms with Gasteiger partial charge in [0.05, 0.1) is 4.90 Å². The molecule has 22 heavy (non-hydrogen) atoms. The summed E-state index contributed by atoms with van der Waals surface area (Å²) in [6.45, 7) is -1.48. The van der Waals surface area contributed by atoms with Crippen LogP contribution in [0.5, 0.6) is 5.75 Å². The molecule has 0 unspecified atom stereocenters. The number of anilines is 1. The lowest BCUT2D eigenvalue weighted by Gasteiger charge is -2.11. The molecule has 2 aromatic rings. The van der Waals surface area contributed by atoms with E-state index in [4.69, 9.17) is 0 Å². The second kappa shape index (κ2) is 6.27. The number of rotatable bonds is 5. The Labute approximate surface area is 125 Å². The van der Waals surface area contributed by atoms with Crippen molar-refractivity contribution in [2.45, 2.75) is 18.4 Å². The van der Waals surface area contributed by atoms with Gasteiger partial charge >= 0.3 is 6.61 Å². The van der Waals surface area contributed by atoms with Crippen molar-refractivity contribution >= 4 is 15.7 Å². The third-order valence-corrected chi connectivity index (χ3v) is 4.30. The summed E-state index contributed by atoms with van der Waals surface area (Å²) < 4.78 is 67.9. The van der Waals surface area contributed by atoms with E-state index >= 15 is 0 Å². The van der Waals surface area contributed by atoms with Gasteiger partial charge in [0, 0.05) is 5.69 Å². The lowest BCUT2D eigenvalue weighted by atomic mass is 10.2. The molecular formula is C14H12F3NO3S. The Hall–Kier alpha value is -2.22. The predicted octanol–water partition coefficient (Wildman–Crippen LogP) is 3.54. The number of benzene rings is 2. The van der Waals surface area contributed by atoms with E-state index < -0.39 is 22.5 Å². The van der Waals surface area contributed by atoms with Gasteiger partial charge in [-0.2, -0.15) is 8.78 Å². The normalized spacial score (nSPS) is 11.5. The Kier molecular flexibility index (Phi) is 4.60. The average molecular weight is 331 g/mol. The van der Waals surface area contributed by atoms with E-state index in [1.165, 1.54) is 31.2 Å².